The van der Waals surface area contributed by atoms with Crippen LogP contribution in [-0.4, -0.2) is 49.7 Å². The number of ether oxygens (including phenoxy) is 1. The van der Waals surface area contributed by atoms with Gasteiger partial charge in [0.2, 0.25) is 5.95 Å². The number of imidazole rings is 1. The molecule has 0 saturated carbocycles. The highest BCUT2D eigenvalue weighted by Crippen LogP contribution is 2.28. The first-order valence-corrected chi connectivity index (χ1v) is 10.7. The summed E-state index contributed by atoms with van der Waals surface area (Å²) in [5.74, 6) is 0.414. The van der Waals surface area contributed by atoms with Gasteiger partial charge in [-0.3, -0.25) is 4.79 Å². The minimum absolute atomic E-state index is 0.108. The molecule has 34 heavy (non-hydrogen) atoms. The van der Waals surface area contributed by atoms with E-state index in [1.54, 1.807) is 41.0 Å². The number of anilines is 1. The lowest BCUT2D eigenvalue weighted by Crippen LogP contribution is -2.30. The Labute approximate surface area is 196 Å². The van der Waals surface area contributed by atoms with E-state index in [9.17, 15) is 14.8 Å². The summed E-state index contributed by atoms with van der Waals surface area (Å²) in [5.41, 5.74) is 8.85. The molecule has 10 nitrogen and oxygen atoms in total. The number of amides is 1. The van der Waals surface area contributed by atoms with Crippen molar-refractivity contribution >= 4 is 35.3 Å². The number of rotatable bonds is 8. The summed E-state index contributed by atoms with van der Waals surface area (Å²) >= 11 is 0. The molecule has 0 bridgehead atoms. The van der Waals surface area contributed by atoms with Gasteiger partial charge in [0.1, 0.15) is 11.3 Å². The highest BCUT2D eigenvalue weighted by molar-refractivity contribution is 6.58. The lowest BCUT2D eigenvalue weighted by molar-refractivity contribution is 0.100. The number of methoxy groups -OCH3 is 1. The number of nitrogens with one attached hydrogen (secondary N) is 1. The molecule has 0 radical (unpaired) electrons. The maximum atomic E-state index is 11.9. The van der Waals surface area contributed by atoms with Gasteiger partial charge >= 0.3 is 13.1 Å². The van der Waals surface area contributed by atoms with E-state index in [0.29, 0.717) is 34.8 Å². The molecule has 0 aliphatic heterocycles. The number of benzene rings is 2. The minimum Gasteiger partial charge on any atom is -0.468 e. The van der Waals surface area contributed by atoms with Crippen LogP contribution in [-0.2, 0) is 6.54 Å². The Bertz CT molecular complexity index is 1350. The van der Waals surface area contributed by atoms with Crippen LogP contribution in [0.15, 0.2) is 48.5 Å². The van der Waals surface area contributed by atoms with Gasteiger partial charge < -0.3 is 25.8 Å². The fourth-order valence-electron chi connectivity index (χ4n) is 3.60. The molecule has 0 aliphatic rings. The molecule has 11 heteroatoms. The lowest BCUT2D eigenvalue weighted by atomic mass is 9.80. The largest absolute Gasteiger partial charge is 0.488 e. The number of carbonyl (C=O) groups is 1. The topological polar surface area (TPSA) is 148 Å². The van der Waals surface area contributed by atoms with Gasteiger partial charge in [-0.2, -0.15) is 9.97 Å². The smallest absolute Gasteiger partial charge is 0.468 e. The third-order valence-electron chi connectivity index (χ3n) is 5.35. The summed E-state index contributed by atoms with van der Waals surface area (Å²) in [6.45, 7) is 4.45. The van der Waals surface area contributed by atoms with Crippen molar-refractivity contribution in [1.82, 2.24) is 19.5 Å². The molecule has 0 fully saturated rings. The molecule has 1 amide bonds. The molecule has 0 aliphatic carbocycles. The summed E-state index contributed by atoms with van der Waals surface area (Å²) in [4.78, 5) is 25.7. The van der Waals surface area contributed by atoms with Gasteiger partial charge in [0.05, 0.1) is 23.9 Å². The molecule has 0 unspecified atom stereocenters. The van der Waals surface area contributed by atoms with Crippen molar-refractivity contribution in [2.24, 2.45) is 5.73 Å². The fourth-order valence-corrected chi connectivity index (χ4v) is 3.60. The molecule has 174 valence electrons. The predicted molar refractivity (Wildman–Crippen MR) is 129 cm³/mol. The van der Waals surface area contributed by atoms with Crippen molar-refractivity contribution in [2.45, 2.75) is 26.3 Å². The summed E-state index contributed by atoms with van der Waals surface area (Å²) < 4.78 is 7.12. The number of carbonyl (C=O) groups excluding carboxylic acids is 1. The zero-order chi connectivity index (χ0) is 24.4. The molecule has 5 N–H and O–H groups in total. The van der Waals surface area contributed by atoms with Gasteiger partial charge in [0.15, 0.2) is 0 Å². The van der Waals surface area contributed by atoms with E-state index in [4.69, 9.17) is 15.5 Å². The van der Waals surface area contributed by atoms with E-state index in [2.05, 4.69) is 15.3 Å². The summed E-state index contributed by atoms with van der Waals surface area (Å²) in [7, 11) is -0.0548. The monoisotopic (exact) mass is 460 g/mol. The number of fused-ring (bicyclic) bond motifs is 1. The highest BCUT2D eigenvalue weighted by Gasteiger charge is 2.21. The van der Waals surface area contributed by atoms with E-state index in [0.717, 1.165) is 11.3 Å². The molecule has 0 saturated heterocycles. The van der Waals surface area contributed by atoms with Gasteiger partial charge in [0.25, 0.3) is 5.91 Å². The van der Waals surface area contributed by atoms with Crippen LogP contribution in [0, 0.1) is 0 Å². The number of para-hydroxylation sites is 1. The molecule has 2 heterocycles. The molecule has 2 aromatic heterocycles. The summed E-state index contributed by atoms with van der Waals surface area (Å²) in [6, 6.07) is 14.2. The maximum absolute atomic E-state index is 11.9. The molecular formula is C23H25BN6O4. The second-order valence-corrected chi connectivity index (χ2v) is 8.08. The van der Waals surface area contributed by atoms with Crippen LogP contribution in [0.25, 0.3) is 17.0 Å². The van der Waals surface area contributed by atoms with Gasteiger partial charge in [0, 0.05) is 12.6 Å². The number of hydrogen-bond donors (Lipinski definition) is 4. The average molecular weight is 460 g/mol. The van der Waals surface area contributed by atoms with Crippen molar-refractivity contribution in [3.8, 4) is 12.0 Å². The molecule has 0 spiro atoms. The van der Waals surface area contributed by atoms with E-state index >= 15 is 0 Å². The van der Waals surface area contributed by atoms with Gasteiger partial charge in [-0.15, -0.1) is 0 Å². The molecule has 4 aromatic rings. The second-order valence-electron chi connectivity index (χ2n) is 8.08. The van der Waals surface area contributed by atoms with E-state index in [1.165, 1.54) is 7.11 Å². The van der Waals surface area contributed by atoms with E-state index in [1.807, 2.05) is 26.0 Å². The predicted octanol–water partition coefficient (Wildman–Crippen LogP) is 1.34. The first-order valence-electron chi connectivity index (χ1n) is 10.7. The maximum Gasteiger partial charge on any atom is 0.488 e. The molecule has 4 rings (SSSR count). The lowest BCUT2D eigenvalue weighted by Gasteiger charge is -2.14. The first-order chi connectivity index (χ1) is 16.3. The summed E-state index contributed by atoms with van der Waals surface area (Å²) in [5, 5.41) is 22.1. The Morgan fingerprint density at radius 1 is 1.15 bits per heavy atom. The van der Waals surface area contributed by atoms with Gasteiger partial charge in [-0.05, 0) is 29.1 Å². The van der Waals surface area contributed by atoms with Crippen LogP contribution >= 0.6 is 0 Å². The SMILES string of the molecule is COc1nc2c(C(N)=O)cccc2n1-c1nc(NCc2cccc(B(O)O)c2)cc(C(C)C)n1. The Morgan fingerprint density at radius 3 is 2.59 bits per heavy atom. The average Bonchev–Trinajstić information content (AvgIpc) is 3.21. The van der Waals surface area contributed by atoms with Crippen LogP contribution in [0.1, 0.15) is 41.4 Å². The van der Waals surface area contributed by atoms with Crippen molar-refractivity contribution in [3.63, 3.8) is 0 Å². The van der Waals surface area contributed by atoms with Crippen molar-refractivity contribution < 1.29 is 19.6 Å². The van der Waals surface area contributed by atoms with Crippen molar-refractivity contribution in [3.05, 3.63) is 65.4 Å². The number of nitrogens with two attached hydrogens (primary N) is 1. The molecule has 2 aromatic carbocycles. The Balaban J connectivity index is 1.78. The Kier molecular flexibility index (Phi) is 6.48. The standard InChI is InChI=1S/C23H25BN6O4/c1-13(2)17-11-19(26-12-14-6-4-7-15(10-14)24(32)33)28-22(27-17)30-18-9-5-8-16(21(25)31)20(18)29-23(30)34-3/h4-11,13,32-33H,12H2,1-3H3,(H2,25,31)(H,26,27,28). The highest BCUT2D eigenvalue weighted by atomic mass is 16.5. The number of aromatic nitrogens is 4. The van der Waals surface area contributed by atoms with Gasteiger partial charge in [-0.1, -0.05) is 44.2 Å². The number of primary amides is 1. The zero-order valence-corrected chi connectivity index (χ0v) is 19.1. The zero-order valence-electron chi connectivity index (χ0n) is 19.1. The summed E-state index contributed by atoms with van der Waals surface area (Å²) in [6.07, 6.45) is 0. The number of nitrogens with zero attached hydrogens (tertiary/aromatic N) is 4. The van der Waals surface area contributed by atoms with Crippen molar-refractivity contribution in [2.75, 3.05) is 12.4 Å². The van der Waals surface area contributed by atoms with E-state index in [-0.39, 0.29) is 17.5 Å². The van der Waals surface area contributed by atoms with Crippen LogP contribution in [0.4, 0.5) is 5.82 Å². The molecular weight excluding hydrogens is 435 g/mol. The van der Waals surface area contributed by atoms with Crippen LogP contribution in [0.2, 0.25) is 0 Å². The third kappa shape index (κ3) is 4.56. The van der Waals surface area contributed by atoms with Gasteiger partial charge in [-0.25, -0.2) is 9.55 Å². The Morgan fingerprint density at radius 2 is 1.91 bits per heavy atom. The third-order valence-corrected chi connectivity index (χ3v) is 5.35. The van der Waals surface area contributed by atoms with E-state index < -0.39 is 13.0 Å². The van der Waals surface area contributed by atoms with Crippen LogP contribution < -0.4 is 21.3 Å². The molecule has 0 atom stereocenters. The first kappa shape index (κ1) is 23.2. The normalized spacial score (nSPS) is 11.1. The minimum atomic E-state index is -1.54. The van der Waals surface area contributed by atoms with Crippen LogP contribution in [0.5, 0.6) is 6.01 Å². The van der Waals surface area contributed by atoms with Crippen molar-refractivity contribution in [1.29, 1.82) is 0 Å². The second kappa shape index (κ2) is 9.50. The fraction of sp³-hybridized carbons (Fsp3) is 0.217. The number of hydrogen-bond acceptors (Lipinski definition) is 8. The Hall–Kier alpha value is -3.96. The van der Waals surface area contributed by atoms with Crippen LogP contribution in [0.3, 0.4) is 0 Å². The quantitative estimate of drug-likeness (QED) is 0.288.